The van der Waals surface area contributed by atoms with E-state index >= 15 is 0 Å². The standard InChI is InChI=1S/C19H25ClN6O/c1-24(19-22-8-6-17(23-19)25-10-12-27-13-11-25)15-4-3-9-26(14-15)18-16(20)5-2-7-21-18/h2,5-8,15H,3-4,9-14H2,1H3. The van der Waals surface area contributed by atoms with Crippen LogP contribution in [0.3, 0.4) is 0 Å². The molecule has 7 nitrogen and oxygen atoms in total. The Balaban J connectivity index is 1.49. The quantitative estimate of drug-likeness (QED) is 0.797. The minimum absolute atomic E-state index is 0.316. The molecule has 4 rings (SSSR count). The lowest BCUT2D eigenvalue weighted by Gasteiger charge is -2.38. The Bertz CT molecular complexity index is 769. The molecule has 1 atom stereocenters. The summed E-state index contributed by atoms with van der Waals surface area (Å²) in [5, 5.41) is 0.700. The number of rotatable bonds is 4. The van der Waals surface area contributed by atoms with E-state index < -0.39 is 0 Å². The molecule has 2 aliphatic rings. The molecule has 0 radical (unpaired) electrons. The lowest BCUT2D eigenvalue weighted by Crippen LogP contribution is -2.47. The van der Waals surface area contributed by atoms with Gasteiger partial charge in [-0.1, -0.05) is 11.6 Å². The third-order valence-electron chi connectivity index (χ3n) is 5.26. The van der Waals surface area contributed by atoms with E-state index in [9.17, 15) is 0 Å². The highest BCUT2D eigenvalue weighted by Gasteiger charge is 2.27. The van der Waals surface area contributed by atoms with Crippen LogP contribution in [0.25, 0.3) is 0 Å². The summed E-state index contributed by atoms with van der Waals surface area (Å²) in [5.41, 5.74) is 0. The van der Waals surface area contributed by atoms with Gasteiger partial charge in [0.05, 0.1) is 18.2 Å². The maximum absolute atomic E-state index is 6.35. The lowest BCUT2D eigenvalue weighted by molar-refractivity contribution is 0.122. The molecule has 2 aliphatic heterocycles. The Labute approximate surface area is 164 Å². The van der Waals surface area contributed by atoms with Crippen molar-refractivity contribution in [3.8, 4) is 0 Å². The molecule has 0 aromatic carbocycles. The van der Waals surface area contributed by atoms with Crippen molar-refractivity contribution in [1.29, 1.82) is 0 Å². The Kier molecular flexibility index (Phi) is 5.59. The second-order valence-electron chi connectivity index (χ2n) is 6.98. The van der Waals surface area contributed by atoms with Crippen molar-refractivity contribution in [2.24, 2.45) is 0 Å². The zero-order chi connectivity index (χ0) is 18.6. The number of piperidine rings is 1. The van der Waals surface area contributed by atoms with E-state index in [1.807, 2.05) is 24.4 Å². The fourth-order valence-corrected chi connectivity index (χ4v) is 3.96. The summed E-state index contributed by atoms with van der Waals surface area (Å²) in [5.74, 6) is 2.59. The number of morpholine rings is 1. The summed E-state index contributed by atoms with van der Waals surface area (Å²) in [6, 6.07) is 6.05. The molecule has 0 amide bonds. The number of pyridine rings is 1. The first-order chi connectivity index (χ1) is 13.2. The van der Waals surface area contributed by atoms with Crippen molar-refractivity contribution in [2.75, 3.05) is 61.1 Å². The van der Waals surface area contributed by atoms with Crippen LogP contribution in [0.2, 0.25) is 5.02 Å². The Hall–Kier alpha value is -2.12. The average molecular weight is 389 g/mol. The van der Waals surface area contributed by atoms with Gasteiger partial charge >= 0.3 is 0 Å². The summed E-state index contributed by atoms with van der Waals surface area (Å²) >= 11 is 6.35. The molecule has 0 N–H and O–H groups in total. The number of hydrogen-bond acceptors (Lipinski definition) is 7. The summed E-state index contributed by atoms with van der Waals surface area (Å²) in [4.78, 5) is 20.5. The van der Waals surface area contributed by atoms with E-state index in [1.54, 1.807) is 6.20 Å². The van der Waals surface area contributed by atoms with Gasteiger partial charge in [0, 0.05) is 51.7 Å². The van der Waals surface area contributed by atoms with Crippen molar-refractivity contribution in [3.63, 3.8) is 0 Å². The van der Waals surface area contributed by atoms with Crippen molar-refractivity contribution in [2.45, 2.75) is 18.9 Å². The number of aromatic nitrogens is 3. The molecule has 144 valence electrons. The molecular weight excluding hydrogens is 364 g/mol. The van der Waals surface area contributed by atoms with Crippen LogP contribution in [0.15, 0.2) is 30.6 Å². The Morgan fingerprint density at radius 1 is 1.11 bits per heavy atom. The fourth-order valence-electron chi connectivity index (χ4n) is 3.71. The van der Waals surface area contributed by atoms with Gasteiger partial charge in [0.25, 0.3) is 0 Å². The van der Waals surface area contributed by atoms with E-state index in [0.717, 1.165) is 69.8 Å². The highest BCUT2D eigenvalue weighted by Crippen LogP contribution is 2.27. The first-order valence-corrected chi connectivity index (χ1v) is 9.84. The SMILES string of the molecule is CN(c1nccc(N2CCOCC2)n1)C1CCCN(c2ncccc2Cl)C1. The van der Waals surface area contributed by atoms with Crippen molar-refractivity contribution < 1.29 is 4.74 Å². The highest BCUT2D eigenvalue weighted by molar-refractivity contribution is 6.32. The summed E-state index contributed by atoms with van der Waals surface area (Å²) in [7, 11) is 2.08. The average Bonchev–Trinajstić information content (AvgIpc) is 2.74. The van der Waals surface area contributed by atoms with Crippen LogP contribution >= 0.6 is 11.6 Å². The molecule has 0 aliphatic carbocycles. The number of hydrogen-bond donors (Lipinski definition) is 0. The molecule has 8 heteroatoms. The topological polar surface area (TPSA) is 57.6 Å². The van der Waals surface area contributed by atoms with Gasteiger partial charge in [-0.2, -0.15) is 4.98 Å². The molecule has 1 unspecified atom stereocenters. The number of nitrogens with zero attached hydrogens (tertiary/aromatic N) is 6. The van der Waals surface area contributed by atoms with E-state index in [0.29, 0.717) is 11.1 Å². The molecule has 4 heterocycles. The number of anilines is 3. The molecule has 0 saturated carbocycles. The first-order valence-electron chi connectivity index (χ1n) is 9.46. The predicted octanol–water partition coefficient (Wildman–Crippen LogP) is 2.47. The summed E-state index contributed by atoms with van der Waals surface area (Å²) in [6.07, 6.45) is 5.83. The third kappa shape index (κ3) is 4.09. The van der Waals surface area contributed by atoms with Crippen molar-refractivity contribution in [1.82, 2.24) is 15.0 Å². The van der Waals surface area contributed by atoms with Gasteiger partial charge in [0.2, 0.25) is 5.95 Å². The van der Waals surface area contributed by atoms with Crippen molar-refractivity contribution >= 4 is 29.2 Å². The molecule has 2 aromatic heterocycles. The van der Waals surface area contributed by atoms with Gasteiger partial charge in [-0.3, -0.25) is 0 Å². The maximum Gasteiger partial charge on any atom is 0.227 e. The van der Waals surface area contributed by atoms with E-state index in [2.05, 4.69) is 31.7 Å². The lowest BCUT2D eigenvalue weighted by atomic mass is 10.0. The van der Waals surface area contributed by atoms with Crippen LogP contribution in [-0.4, -0.2) is 67.4 Å². The van der Waals surface area contributed by atoms with Crippen molar-refractivity contribution in [3.05, 3.63) is 35.6 Å². The fraction of sp³-hybridized carbons (Fsp3) is 0.526. The van der Waals surface area contributed by atoms with E-state index in [4.69, 9.17) is 21.3 Å². The summed E-state index contributed by atoms with van der Waals surface area (Å²) in [6.45, 7) is 5.06. The largest absolute Gasteiger partial charge is 0.378 e. The predicted molar refractivity (Wildman–Crippen MR) is 108 cm³/mol. The Morgan fingerprint density at radius 3 is 2.78 bits per heavy atom. The third-order valence-corrected chi connectivity index (χ3v) is 5.56. The minimum atomic E-state index is 0.316. The van der Waals surface area contributed by atoms with Crippen LogP contribution < -0.4 is 14.7 Å². The molecular formula is C19H25ClN6O. The van der Waals surface area contributed by atoms with E-state index in [-0.39, 0.29) is 0 Å². The molecule has 2 aromatic rings. The van der Waals surface area contributed by atoms with Crippen LogP contribution in [0.5, 0.6) is 0 Å². The molecule has 0 spiro atoms. The number of halogens is 1. The number of ether oxygens (including phenoxy) is 1. The second kappa shape index (κ2) is 8.27. The molecule has 0 bridgehead atoms. The second-order valence-corrected chi connectivity index (χ2v) is 7.38. The monoisotopic (exact) mass is 388 g/mol. The van der Waals surface area contributed by atoms with Crippen LogP contribution in [-0.2, 0) is 4.74 Å². The Morgan fingerprint density at radius 2 is 1.96 bits per heavy atom. The zero-order valence-corrected chi connectivity index (χ0v) is 16.3. The van der Waals surface area contributed by atoms with E-state index in [1.165, 1.54) is 0 Å². The molecule has 2 fully saturated rings. The van der Waals surface area contributed by atoms with Gasteiger partial charge in [0.15, 0.2) is 0 Å². The highest BCUT2D eigenvalue weighted by atomic mass is 35.5. The van der Waals surface area contributed by atoms with Crippen LogP contribution in [0.4, 0.5) is 17.6 Å². The van der Waals surface area contributed by atoms with Crippen LogP contribution in [0, 0.1) is 0 Å². The molecule has 27 heavy (non-hydrogen) atoms. The summed E-state index contributed by atoms with van der Waals surface area (Å²) < 4.78 is 5.44. The van der Waals surface area contributed by atoms with Gasteiger partial charge in [-0.15, -0.1) is 0 Å². The van der Waals surface area contributed by atoms with Crippen LogP contribution in [0.1, 0.15) is 12.8 Å². The first kappa shape index (κ1) is 18.3. The van der Waals surface area contributed by atoms with Gasteiger partial charge in [0.1, 0.15) is 11.6 Å². The number of likely N-dealkylation sites (N-methyl/N-ethyl adjacent to an activating group) is 1. The maximum atomic E-state index is 6.35. The zero-order valence-electron chi connectivity index (χ0n) is 15.6. The smallest absolute Gasteiger partial charge is 0.227 e. The normalized spacial score (nSPS) is 20.6. The minimum Gasteiger partial charge on any atom is -0.378 e. The molecule has 2 saturated heterocycles. The van der Waals surface area contributed by atoms with Gasteiger partial charge < -0.3 is 19.4 Å². The van der Waals surface area contributed by atoms with Gasteiger partial charge in [-0.25, -0.2) is 9.97 Å². The van der Waals surface area contributed by atoms with Gasteiger partial charge in [-0.05, 0) is 31.0 Å².